The summed E-state index contributed by atoms with van der Waals surface area (Å²) in [6, 6.07) is 18.6. The van der Waals surface area contributed by atoms with Gasteiger partial charge in [0.2, 0.25) is 11.8 Å². The van der Waals surface area contributed by atoms with Gasteiger partial charge in [-0.3, -0.25) is 9.59 Å². The summed E-state index contributed by atoms with van der Waals surface area (Å²) in [7, 11) is 0. The molecule has 1 aliphatic heterocycles. The van der Waals surface area contributed by atoms with Crippen LogP contribution in [0.25, 0.3) is 0 Å². The number of carbonyl (C=O) groups excluding carboxylic acids is 2. The standard InChI is InChI=1S/C27H34N2O2/c1-19-9-8-14-23(17-19)25-16-15-24(18-29(25)27(31)22-12-6-7-13-22)26(30)28-20(2)21-10-4-3-5-11-21/h3-5,8-11,14,17,20,22,24-25H,6-7,12-13,15-16,18H2,1-2H3,(H,28,30)/t20-,24+,25-/m0/s1. The predicted molar refractivity (Wildman–Crippen MR) is 123 cm³/mol. The molecule has 0 radical (unpaired) electrons. The van der Waals surface area contributed by atoms with E-state index in [1.54, 1.807) is 0 Å². The van der Waals surface area contributed by atoms with Gasteiger partial charge in [-0.25, -0.2) is 0 Å². The number of aryl methyl sites for hydroxylation is 1. The van der Waals surface area contributed by atoms with Gasteiger partial charge in [0.05, 0.1) is 18.0 Å². The summed E-state index contributed by atoms with van der Waals surface area (Å²) in [4.78, 5) is 28.6. The molecule has 1 heterocycles. The van der Waals surface area contributed by atoms with Crippen LogP contribution in [0, 0.1) is 18.8 Å². The highest BCUT2D eigenvalue weighted by molar-refractivity contribution is 5.83. The van der Waals surface area contributed by atoms with Crippen molar-refractivity contribution in [2.24, 2.45) is 11.8 Å². The molecule has 164 valence electrons. The van der Waals surface area contributed by atoms with Gasteiger partial charge in [-0.15, -0.1) is 0 Å². The van der Waals surface area contributed by atoms with Gasteiger partial charge in [0.15, 0.2) is 0 Å². The zero-order valence-electron chi connectivity index (χ0n) is 18.7. The molecule has 3 atom stereocenters. The summed E-state index contributed by atoms with van der Waals surface area (Å²) in [5, 5.41) is 3.18. The van der Waals surface area contributed by atoms with Crippen molar-refractivity contribution in [2.75, 3.05) is 6.54 Å². The number of amides is 2. The van der Waals surface area contributed by atoms with Crippen molar-refractivity contribution in [3.8, 4) is 0 Å². The fourth-order valence-electron chi connectivity index (χ4n) is 5.22. The number of likely N-dealkylation sites (tertiary alicyclic amines) is 1. The molecule has 0 aromatic heterocycles. The van der Waals surface area contributed by atoms with Crippen LogP contribution in [-0.2, 0) is 9.59 Å². The third-order valence-corrected chi connectivity index (χ3v) is 7.03. The van der Waals surface area contributed by atoms with E-state index in [0.717, 1.165) is 44.1 Å². The van der Waals surface area contributed by atoms with Crippen molar-refractivity contribution in [2.45, 2.75) is 64.5 Å². The van der Waals surface area contributed by atoms with Crippen LogP contribution in [0.3, 0.4) is 0 Å². The number of carbonyl (C=O) groups is 2. The summed E-state index contributed by atoms with van der Waals surface area (Å²) in [5.74, 6) is 0.274. The third kappa shape index (κ3) is 5.00. The molecule has 4 nitrogen and oxygen atoms in total. The van der Waals surface area contributed by atoms with Crippen molar-refractivity contribution >= 4 is 11.8 Å². The Hall–Kier alpha value is -2.62. The van der Waals surface area contributed by atoms with Crippen LogP contribution < -0.4 is 5.32 Å². The van der Waals surface area contributed by atoms with Crippen molar-refractivity contribution in [3.05, 3.63) is 71.3 Å². The predicted octanol–water partition coefficient (Wildman–Crippen LogP) is 5.34. The Bertz CT molecular complexity index is 904. The molecule has 4 rings (SSSR count). The quantitative estimate of drug-likeness (QED) is 0.712. The van der Waals surface area contributed by atoms with Crippen LogP contribution in [-0.4, -0.2) is 23.3 Å². The first-order chi connectivity index (χ1) is 15.0. The van der Waals surface area contributed by atoms with Crippen LogP contribution in [0.2, 0.25) is 0 Å². The highest BCUT2D eigenvalue weighted by Crippen LogP contribution is 2.37. The van der Waals surface area contributed by atoms with Gasteiger partial charge in [-0.1, -0.05) is 73.0 Å². The summed E-state index contributed by atoms with van der Waals surface area (Å²) in [6.07, 6.45) is 5.88. The zero-order chi connectivity index (χ0) is 21.8. The molecule has 2 aromatic carbocycles. The molecule has 2 aliphatic rings. The SMILES string of the molecule is Cc1cccc([C@@H]2CC[C@@H](C(=O)N[C@@H](C)c3ccccc3)CN2C(=O)C2CCCC2)c1. The van der Waals surface area contributed by atoms with E-state index in [2.05, 4.69) is 36.5 Å². The topological polar surface area (TPSA) is 49.4 Å². The summed E-state index contributed by atoms with van der Waals surface area (Å²) >= 11 is 0. The minimum absolute atomic E-state index is 0.0396. The molecule has 4 heteroatoms. The first-order valence-electron chi connectivity index (χ1n) is 11.8. The lowest BCUT2D eigenvalue weighted by molar-refractivity contribution is -0.142. The molecule has 1 saturated carbocycles. The fourth-order valence-corrected chi connectivity index (χ4v) is 5.22. The van der Waals surface area contributed by atoms with Gasteiger partial charge < -0.3 is 10.2 Å². The van der Waals surface area contributed by atoms with Crippen molar-refractivity contribution in [3.63, 3.8) is 0 Å². The van der Waals surface area contributed by atoms with Crippen molar-refractivity contribution in [1.29, 1.82) is 0 Å². The number of nitrogens with one attached hydrogen (secondary N) is 1. The number of piperidine rings is 1. The molecule has 1 aliphatic carbocycles. The van der Waals surface area contributed by atoms with E-state index in [9.17, 15) is 9.59 Å². The molecule has 0 spiro atoms. The number of hydrogen-bond acceptors (Lipinski definition) is 2. The van der Waals surface area contributed by atoms with Gasteiger partial charge in [0.25, 0.3) is 0 Å². The minimum atomic E-state index is -0.155. The molecule has 1 saturated heterocycles. The first-order valence-corrected chi connectivity index (χ1v) is 11.8. The largest absolute Gasteiger partial charge is 0.349 e. The number of benzene rings is 2. The Morgan fingerprint density at radius 3 is 2.39 bits per heavy atom. The van der Waals surface area contributed by atoms with Crippen LogP contribution in [0.15, 0.2) is 54.6 Å². The lowest BCUT2D eigenvalue weighted by Gasteiger charge is -2.41. The van der Waals surface area contributed by atoms with E-state index in [0.29, 0.717) is 6.54 Å². The second kappa shape index (κ2) is 9.67. The fraction of sp³-hybridized carbons (Fsp3) is 0.481. The average molecular weight is 419 g/mol. The molecule has 1 N–H and O–H groups in total. The van der Waals surface area contributed by atoms with Gasteiger partial charge in [0.1, 0.15) is 0 Å². The maximum absolute atomic E-state index is 13.5. The maximum atomic E-state index is 13.5. The maximum Gasteiger partial charge on any atom is 0.226 e. The monoisotopic (exact) mass is 418 g/mol. The van der Waals surface area contributed by atoms with Gasteiger partial charge in [-0.2, -0.15) is 0 Å². The molecular formula is C27H34N2O2. The van der Waals surface area contributed by atoms with E-state index in [-0.39, 0.29) is 35.7 Å². The third-order valence-electron chi connectivity index (χ3n) is 7.03. The van der Waals surface area contributed by atoms with E-state index in [1.165, 1.54) is 11.1 Å². The molecule has 0 bridgehead atoms. The smallest absolute Gasteiger partial charge is 0.226 e. The van der Waals surface area contributed by atoms with Crippen molar-refractivity contribution < 1.29 is 9.59 Å². The second-order valence-corrected chi connectivity index (χ2v) is 9.32. The van der Waals surface area contributed by atoms with Crippen LogP contribution in [0.4, 0.5) is 0 Å². The normalized spacial score (nSPS) is 22.8. The highest BCUT2D eigenvalue weighted by atomic mass is 16.2. The summed E-state index contributed by atoms with van der Waals surface area (Å²) in [5.41, 5.74) is 3.51. The molecule has 31 heavy (non-hydrogen) atoms. The Balaban J connectivity index is 1.50. The zero-order valence-corrected chi connectivity index (χ0v) is 18.7. The number of rotatable bonds is 5. The van der Waals surface area contributed by atoms with Crippen LogP contribution in [0.1, 0.15) is 74.2 Å². The van der Waals surface area contributed by atoms with Crippen LogP contribution in [0.5, 0.6) is 0 Å². The second-order valence-electron chi connectivity index (χ2n) is 9.32. The Labute approximate surface area is 186 Å². The van der Waals surface area contributed by atoms with E-state index >= 15 is 0 Å². The highest BCUT2D eigenvalue weighted by Gasteiger charge is 2.38. The van der Waals surface area contributed by atoms with Gasteiger partial charge >= 0.3 is 0 Å². The molecular weight excluding hydrogens is 384 g/mol. The van der Waals surface area contributed by atoms with E-state index in [1.807, 2.05) is 42.2 Å². The Morgan fingerprint density at radius 2 is 1.68 bits per heavy atom. The summed E-state index contributed by atoms with van der Waals surface area (Å²) in [6.45, 7) is 4.63. The molecule has 2 aromatic rings. The molecule has 0 unspecified atom stereocenters. The van der Waals surface area contributed by atoms with Gasteiger partial charge in [-0.05, 0) is 50.7 Å². The Morgan fingerprint density at radius 1 is 0.935 bits per heavy atom. The lowest BCUT2D eigenvalue weighted by Crippen LogP contribution is -2.48. The number of hydrogen-bond donors (Lipinski definition) is 1. The summed E-state index contributed by atoms with van der Waals surface area (Å²) < 4.78 is 0. The first kappa shape index (κ1) is 21.6. The average Bonchev–Trinajstić information content (AvgIpc) is 3.34. The van der Waals surface area contributed by atoms with E-state index in [4.69, 9.17) is 0 Å². The Kier molecular flexibility index (Phi) is 6.74. The lowest BCUT2D eigenvalue weighted by atomic mass is 9.86. The van der Waals surface area contributed by atoms with Crippen molar-refractivity contribution in [1.82, 2.24) is 10.2 Å². The minimum Gasteiger partial charge on any atom is -0.349 e. The van der Waals surface area contributed by atoms with Gasteiger partial charge in [0, 0.05) is 12.5 Å². The van der Waals surface area contributed by atoms with Crippen LogP contribution >= 0.6 is 0 Å². The van der Waals surface area contributed by atoms with E-state index < -0.39 is 0 Å². The number of nitrogens with zero attached hydrogens (tertiary/aromatic N) is 1. The molecule has 2 amide bonds. The molecule has 2 fully saturated rings.